The second kappa shape index (κ2) is 9.08. The summed E-state index contributed by atoms with van der Waals surface area (Å²) < 4.78 is 40.4. The molecule has 1 amide bonds. The predicted octanol–water partition coefficient (Wildman–Crippen LogP) is 5.03. The van der Waals surface area contributed by atoms with E-state index in [0.29, 0.717) is 30.1 Å². The first-order valence-electron chi connectivity index (χ1n) is 10.1. The number of amides is 1. The Morgan fingerprint density at radius 2 is 2.03 bits per heavy atom. The Bertz CT molecular complexity index is 908. The Balaban J connectivity index is 1.83. The lowest BCUT2D eigenvalue weighted by Crippen LogP contribution is -2.31. The summed E-state index contributed by atoms with van der Waals surface area (Å²) in [5.41, 5.74) is 1.47. The summed E-state index contributed by atoms with van der Waals surface area (Å²) in [6.07, 6.45) is -2.78. The number of nitrogens with zero attached hydrogens (tertiary/aromatic N) is 2. The Kier molecular flexibility index (Phi) is 6.89. The zero-order chi connectivity index (χ0) is 22.1. The molecule has 3 rings (SSSR count). The van der Waals surface area contributed by atoms with Gasteiger partial charge in [0.15, 0.2) is 0 Å². The number of hydrogen-bond donors (Lipinski definition) is 1. The molecule has 1 saturated heterocycles. The number of likely N-dealkylation sites (N-methyl/N-ethyl adjacent to an activating group) is 1. The molecule has 2 aromatic rings. The van der Waals surface area contributed by atoms with Crippen LogP contribution in [-0.4, -0.2) is 48.9 Å². The molecule has 1 aliphatic heterocycles. The Hall–Kier alpha value is -1.90. The molecular formula is C22H28F3N3OS. The summed E-state index contributed by atoms with van der Waals surface area (Å²) in [6.45, 7) is 5.99. The van der Waals surface area contributed by atoms with Gasteiger partial charge in [-0.15, -0.1) is 11.3 Å². The van der Waals surface area contributed by atoms with Crippen molar-refractivity contribution in [2.75, 3.05) is 32.5 Å². The highest BCUT2D eigenvalue weighted by Gasteiger charge is 2.32. The number of aryl methyl sites for hydroxylation is 1. The van der Waals surface area contributed by atoms with E-state index < -0.39 is 11.7 Å². The van der Waals surface area contributed by atoms with Gasteiger partial charge in [0.05, 0.1) is 11.1 Å². The number of benzene rings is 1. The lowest BCUT2D eigenvalue weighted by molar-refractivity contribution is -0.137. The average Bonchev–Trinajstić information content (AvgIpc) is 3.27. The van der Waals surface area contributed by atoms with Crippen LogP contribution in [-0.2, 0) is 19.1 Å². The maximum absolute atomic E-state index is 13.5. The van der Waals surface area contributed by atoms with Gasteiger partial charge in [-0.25, -0.2) is 0 Å². The molecule has 1 N–H and O–H groups in total. The minimum absolute atomic E-state index is 0.180. The van der Waals surface area contributed by atoms with Crippen molar-refractivity contribution in [2.24, 2.45) is 0 Å². The number of alkyl halides is 3. The molecule has 0 saturated carbocycles. The highest BCUT2D eigenvalue weighted by Crippen LogP contribution is 2.33. The minimum atomic E-state index is -4.47. The Morgan fingerprint density at radius 1 is 1.30 bits per heavy atom. The maximum Gasteiger partial charge on any atom is 0.416 e. The van der Waals surface area contributed by atoms with Gasteiger partial charge in [-0.2, -0.15) is 13.2 Å². The molecule has 0 bridgehead atoms. The molecule has 164 valence electrons. The number of anilines is 1. The van der Waals surface area contributed by atoms with E-state index >= 15 is 0 Å². The molecule has 1 aliphatic rings. The third-order valence-electron chi connectivity index (χ3n) is 5.66. The minimum Gasteiger partial charge on any atom is -0.322 e. The van der Waals surface area contributed by atoms with Gasteiger partial charge >= 0.3 is 6.18 Å². The van der Waals surface area contributed by atoms with Crippen LogP contribution < -0.4 is 5.32 Å². The second-order valence-corrected chi connectivity index (χ2v) is 9.13. The van der Waals surface area contributed by atoms with Crippen LogP contribution >= 0.6 is 11.3 Å². The highest BCUT2D eigenvalue weighted by atomic mass is 32.1. The summed E-state index contributed by atoms with van der Waals surface area (Å²) >= 11 is 1.48. The van der Waals surface area contributed by atoms with Crippen LogP contribution in [0.5, 0.6) is 0 Å². The molecule has 0 unspecified atom stereocenters. The van der Waals surface area contributed by atoms with Gasteiger partial charge in [-0.3, -0.25) is 9.69 Å². The first kappa shape index (κ1) is 22.8. The van der Waals surface area contributed by atoms with Gasteiger partial charge in [0.2, 0.25) is 0 Å². The SMILES string of the molecule is CCc1c(C(=O)Nc2cc(CN3CC[C@H](N(C)C)C3)cc(C(F)(F)F)c2)csc1C. The summed E-state index contributed by atoms with van der Waals surface area (Å²) in [4.78, 5) is 18.1. The van der Waals surface area contributed by atoms with Crippen molar-refractivity contribution >= 4 is 22.9 Å². The fourth-order valence-electron chi connectivity index (χ4n) is 3.96. The first-order valence-corrected chi connectivity index (χ1v) is 10.9. The standard InChI is InChI=1S/C22H28F3N3OS/c1-5-19-14(2)30-13-20(19)21(29)26-17-9-15(8-16(10-17)22(23,24)25)11-28-7-6-18(12-28)27(3)4/h8-10,13,18H,5-7,11-12H2,1-4H3,(H,26,29)/t18-/m0/s1. The van der Waals surface area contributed by atoms with Gasteiger partial charge in [-0.05, 0) is 63.2 Å². The number of rotatable bonds is 6. The number of halogens is 3. The van der Waals surface area contributed by atoms with Gasteiger partial charge in [-0.1, -0.05) is 6.92 Å². The molecule has 0 aliphatic carbocycles. The molecule has 1 fully saturated rings. The molecule has 30 heavy (non-hydrogen) atoms. The summed E-state index contributed by atoms with van der Waals surface area (Å²) in [7, 11) is 4.03. The van der Waals surface area contributed by atoms with E-state index in [9.17, 15) is 18.0 Å². The Labute approximate surface area is 179 Å². The van der Waals surface area contributed by atoms with Gasteiger partial charge in [0.25, 0.3) is 5.91 Å². The summed E-state index contributed by atoms with van der Waals surface area (Å²) in [5.74, 6) is -0.365. The maximum atomic E-state index is 13.5. The van der Waals surface area contributed by atoms with Crippen molar-refractivity contribution in [3.63, 3.8) is 0 Å². The molecule has 4 nitrogen and oxygen atoms in total. The van der Waals surface area contributed by atoms with E-state index in [1.54, 1.807) is 11.4 Å². The van der Waals surface area contributed by atoms with E-state index in [1.165, 1.54) is 17.4 Å². The van der Waals surface area contributed by atoms with Crippen LogP contribution in [0.15, 0.2) is 23.6 Å². The van der Waals surface area contributed by atoms with E-state index in [0.717, 1.165) is 36.0 Å². The van der Waals surface area contributed by atoms with Crippen LogP contribution in [0.2, 0.25) is 0 Å². The highest BCUT2D eigenvalue weighted by molar-refractivity contribution is 7.10. The van der Waals surface area contributed by atoms with E-state index in [1.807, 2.05) is 27.9 Å². The van der Waals surface area contributed by atoms with Crippen LogP contribution in [0, 0.1) is 6.92 Å². The summed E-state index contributed by atoms with van der Waals surface area (Å²) in [6, 6.07) is 4.26. The fraction of sp³-hybridized carbons (Fsp3) is 0.500. The van der Waals surface area contributed by atoms with Crippen LogP contribution in [0.25, 0.3) is 0 Å². The van der Waals surface area contributed by atoms with Gasteiger partial charge in [0.1, 0.15) is 0 Å². The van der Waals surface area contributed by atoms with Crippen molar-refractivity contribution in [1.82, 2.24) is 9.80 Å². The quantitative estimate of drug-likeness (QED) is 0.686. The number of hydrogen-bond acceptors (Lipinski definition) is 4. The largest absolute Gasteiger partial charge is 0.416 e. The average molecular weight is 440 g/mol. The molecule has 0 spiro atoms. The van der Waals surface area contributed by atoms with E-state index in [2.05, 4.69) is 15.1 Å². The number of thiophene rings is 1. The van der Waals surface area contributed by atoms with Crippen molar-refractivity contribution in [2.45, 2.75) is 45.5 Å². The van der Waals surface area contributed by atoms with E-state index in [4.69, 9.17) is 0 Å². The van der Waals surface area contributed by atoms with E-state index in [-0.39, 0.29) is 11.6 Å². The zero-order valence-electron chi connectivity index (χ0n) is 17.8. The molecule has 0 radical (unpaired) electrons. The lowest BCUT2D eigenvalue weighted by atomic mass is 10.1. The van der Waals surface area contributed by atoms with Crippen LogP contribution in [0.4, 0.5) is 18.9 Å². The smallest absolute Gasteiger partial charge is 0.322 e. The van der Waals surface area contributed by atoms with Crippen molar-refractivity contribution in [1.29, 1.82) is 0 Å². The van der Waals surface area contributed by atoms with Crippen molar-refractivity contribution < 1.29 is 18.0 Å². The number of carbonyl (C=O) groups excluding carboxylic acids is 1. The topological polar surface area (TPSA) is 35.6 Å². The molecule has 2 heterocycles. The van der Waals surface area contributed by atoms with Crippen LogP contribution in [0.1, 0.15) is 45.3 Å². The number of nitrogens with one attached hydrogen (secondary N) is 1. The normalized spacial score (nSPS) is 17.7. The molecule has 1 aromatic heterocycles. The summed E-state index contributed by atoms with van der Waals surface area (Å²) in [5, 5.41) is 4.46. The predicted molar refractivity (Wildman–Crippen MR) is 115 cm³/mol. The zero-order valence-corrected chi connectivity index (χ0v) is 18.6. The third kappa shape index (κ3) is 5.22. The molecule has 1 aromatic carbocycles. The van der Waals surface area contributed by atoms with Gasteiger partial charge in [0, 0.05) is 41.6 Å². The molecular weight excluding hydrogens is 411 g/mol. The lowest BCUT2D eigenvalue weighted by Gasteiger charge is -2.21. The number of likely N-dealkylation sites (tertiary alicyclic amines) is 1. The first-order chi connectivity index (χ1) is 14.1. The van der Waals surface area contributed by atoms with Crippen molar-refractivity contribution in [3.05, 3.63) is 50.7 Å². The number of carbonyl (C=O) groups is 1. The van der Waals surface area contributed by atoms with Crippen LogP contribution in [0.3, 0.4) is 0 Å². The van der Waals surface area contributed by atoms with Gasteiger partial charge < -0.3 is 10.2 Å². The molecule has 1 atom stereocenters. The Morgan fingerprint density at radius 3 is 2.63 bits per heavy atom. The van der Waals surface area contributed by atoms with Crippen molar-refractivity contribution in [3.8, 4) is 0 Å². The third-order valence-corrected chi connectivity index (χ3v) is 6.62. The fourth-order valence-corrected chi connectivity index (χ4v) is 4.90. The molecule has 8 heteroatoms. The second-order valence-electron chi connectivity index (χ2n) is 8.05. The monoisotopic (exact) mass is 439 g/mol.